The van der Waals surface area contributed by atoms with Crippen LogP contribution in [0.5, 0.6) is 5.75 Å². The summed E-state index contributed by atoms with van der Waals surface area (Å²) in [6.07, 6.45) is 7.41. The van der Waals surface area contributed by atoms with E-state index in [1.165, 1.54) is 31.9 Å². The number of amides is 1. The van der Waals surface area contributed by atoms with Crippen LogP contribution in [0.15, 0.2) is 42.0 Å². The molecule has 6 rings (SSSR count). The summed E-state index contributed by atoms with van der Waals surface area (Å²) < 4.78 is 18.7. The van der Waals surface area contributed by atoms with Gasteiger partial charge in [-0.15, -0.1) is 0 Å². The minimum atomic E-state index is -0.394. The fourth-order valence-corrected chi connectivity index (χ4v) is 6.69. The molecule has 3 aromatic rings. The maximum absolute atomic E-state index is 14.0. The molecule has 8 heteroatoms. The van der Waals surface area contributed by atoms with E-state index in [4.69, 9.17) is 14.2 Å². The van der Waals surface area contributed by atoms with E-state index in [9.17, 15) is 14.7 Å². The molecule has 1 amide bonds. The highest BCUT2D eigenvalue weighted by Gasteiger charge is 2.33. The van der Waals surface area contributed by atoms with Gasteiger partial charge in [0.15, 0.2) is 0 Å². The first-order valence-corrected chi connectivity index (χ1v) is 14.2. The molecule has 1 saturated carbocycles. The highest BCUT2D eigenvalue weighted by atomic mass is 16.5. The van der Waals surface area contributed by atoms with Crippen LogP contribution in [0.2, 0.25) is 0 Å². The number of nitrogens with zero attached hydrogens (tertiary/aromatic N) is 2. The van der Waals surface area contributed by atoms with Crippen molar-refractivity contribution in [2.24, 2.45) is 0 Å². The van der Waals surface area contributed by atoms with Crippen molar-refractivity contribution in [2.45, 2.75) is 50.7 Å². The Labute approximate surface area is 234 Å². The molecule has 0 spiro atoms. The van der Waals surface area contributed by atoms with Gasteiger partial charge in [-0.25, -0.2) is 4.79 Å². The molecule has 2 fully saturated rings. The van der Waals surface area contributed by atoms with E-state index in [1.807, 2.05) is 36.4 Å². The van der Waals surface area contributed by atoms with Crippen LogP contribution >= 0.6 is 0 Å². The molecule has 1 unspecified atom stereocenters. The predicted octanol–water partition coefficient (Wildman–Crippen LogP) is 4.77. The number of rotatable bonds is 5. The molecular weight excluding hydrogens is 508 g/mol. The number of hydrogen-bond acceptors (Lipinski definition) is 6. The number of benzene rings is 2. The van der Waals surface area contributed by atoms with Gasteiger partial charge in [-0.1, -0.05) is 37.5 Å². The SMILES string of the molecule is COC(=O)c1ccc2c(C3CCCCC3)c3n(c2c1)CC(C(=O)N1CCOC(CO)C1)=Cc1c(OC)cccc1-3. The zero-order chi connectivity index (χ0) is 27.8. The average molecular weight is 545 g/mol. The first kappa shape index (κ1) is 26.6. The fraction of sp³-hybridized carbons (Fsp3) is 0.438. The van der Waals surface area contributed by atoms with Gasteiger partial charge in [0.05, 0.1) is 51.3 Å². The highest BCUT2D eigenvalue weighted by Crippen LogP contribution is 2.48. The summed E-state index contributed by atoms with van der Waals surface area (Å²) in [5.41, 5.74) is 6.31. The highest BCUT2D eigenvalue weighted by molar-refractivity contribution is 6.04. The Balaban J connectivity index is 1.59. The van der Waals surface area contributed by atoms with Gasteiger partial charge in [-0.3, -0.25) is 4.79 Å². The third kappa shape index (κ3) is 4.59. The smallest absolute Gasteiger partial charge is 0.337 e. The van der Waals surface area contributed by atoms with Crippen molar-refractivity contribution < 1.29 is 28.9 Å². The monoisotopic (exact) mass is 544 g/mol. The van der Waals surface area contributed by atoms with E-state index in [-0.39, 0.29) is 18.5 Å². The third-order valence-corrected chi connectivity index (χ3v) is 8.63. The third-order valence-electron chi connectivity index (χ3n) is 8.63. The topological polar surface area (TPSA) is 90.2 Å². The lowest BCUT2D eigenvalue weighted by molar-refractivity contribution is -0.136. The minimum absolute atomic E-state index is 0.0864. The van der Waals surface area contributed by atoms with Crippen LogP contribution in [-0.4, -0.2) is 73.1 Å². The second-order valence-electron chi connectivity index (χ2n) is 10.9. The molecular formula is C32H36N2O6. The largest absolute Gasteiger partial charge is 0.496 e. The van der Waals surface area contributed by atoms with Crippen molar-refractivity contribution >= 4 is 28.9 Å². The quantitative estimate of drug-likeness (QED) is 0.466. The predicted molar refractivity (Wildman–Crippen MR) is 152 cm³/mol. The molecule has 2 aliphatic heterocycles. The van der Waals surface area contributed by atoms with E-state index in [2.05, 4.69) is 10.6 Å². The van der Waals surface area contributed by atoms with Crippen LogP contribution in [0.25, 0.3) is 28.2 Å². The number of carbonyl (C=O) groups is 2. The summed E-state index contributed by atoms with van der Waals surface area (Å²) in [7, 11) is 3.05. The van der Waals surface area contributed by atoms with E-state index >= 15 is 0 Å². The van der Waals surface area contributed by atoms with E-state index in [0.717, 1.165) is 40.6 Å². The number of fused-ring (bicyclic) bond motifs is 5. The van der Waals surface area contributed by atoms with Crippen molar-refractivity contribution in [3.05, 3.63) is 58.7 Å². The molecule has 210 valence electrons. The second kappa shape index (κ2) is 11.1. The van der Waals surface area contributed by atoms with Gasteiger partial charge in [0.1, 0.15) is 5.75 Å². The lowest BCUT2D eigenvalue weighted by Crippen LogP contribution is -2.47. The zero-order valence-electron chi connectivity index (χ0n) is 23.2. The van der Waals surface area contributed by atoms with Crippen LogP contribution in [0.3, 0.4) is 0 Å². The Morgan fingerprint density at radius 1 is 1.10 bits per heavy atom. The Bertz CT molecular complexity index is 1480. The van der Waals surface area contributed by atoms with Crippen molar-refractivity contribution in [3.63, 3.8) is 0 Å². The summed E-state index contributed by atoms with van der Waals surface area (Å²) in [5.74, 6) is 0.623. The number of esters is 1. The maximum Gasteiger partial charge on any atom is 0.337 e. The van der Waals surface area contributed by atoms with Crippen LogP contribution in [-0.2, 0) is 20.8 Å². The van der Waals surface area contributed by atoms with Gasteiger partial charge in [-0.05, 0) is 48.6 Å². The molecule has 2 aromatic carbocycles. The number of morpholine rings is 1. The number of ether oxygens (including phenoxy) is 3. The fourth-order valence-electron chi connectivity index (χ4n) is 6.69. The average Bonchev–Trinajstić information content (AvgIpc) is 3.22. The van der Waals surface area contributed by atoms with Crippen molar-refractivity contribution in [3.8, 4) is 17.0 Å². The number of aliphatic hydroxyl groups is 1. The van der Waals surface area contributed by atoms with Crippen LogP contribution < -0.4 is 4.74 Å². The number of aliphatic hydroxyl groups excluding tert-OH is 1. The number of aromatic nitrogens is 1. The Morgan fingerprint density at radius 3 is 2.67 bits per heavy atom. The standard InChI is InChI=1S/C32H36N2O6/c1-38-28-10-6-9-24-26(28)15-22(31(36)33-13-14-40-23(18-33)19-35)17-34-27-16-21(32(37)39-2)11-12-25(27)29(30(24)34)20-7-4-3-5-8-20/h6,9-12,15-16,20,23,35H,3-5,7-8,13-14,17-19H2,1-2H3. The van der Waals surface area contributed by atoms with Gasteiger partial charge < -0.3 is 28.8 Å². The van der Waals surface area contributed by atoms with Crippen molar-refractivity contribution in [2.75, 3.05) is 40.5 Å². The van der Waals surface area contributed by atoms with Crippen LogP contribution in [0.1, 0.15) is 59.5 Å². The molecule has 1 N–H and O–H groups in total. The molecule has 8 nitrogen and oxygen atoms in total. The Hall–Kier alpha value is -3.62. The molecule has 1 aliphatic carbocycles. The maximum atomic E-state index is 14.0. The Kier molecular flexibility index (Phi) is 7.38. The number of hydrogen-bond donors (Lipinski definition) is 1. The molecule has 0 radical (unpaired) electrons. The summed E-state index contributed by atoms with van der Waals surface area (Å²) in [6, 6.07) is 11.8. The minimum Gasteiger partial charge on any atom is -0.496 e. The van der Waals surface area contributed by atoms with Crippen LogP contribution in [0, 0.1) is 0 Å². The van der Waals surface area contributed by atoms with E-state index in [1.54, 1.807) is 12.0 Å². The zero-order valence-corrected chi connectivity index (χ0v) is 23.2. The van der Waals surface area contributed by atoms with Crippen molar-refractivity contribution in [1.82, 2.24) is 9.47 Å². The number of carbonyl (C=O) groups excluding carboxylic acids is 2. The molecule has 1 atom stereocenters. The first-order chi connectivity index (χ1) is 19.5. The summed E-state index contributed by atoms with van der Waals surface area (Å²) >= 11 is 0. The van der Waals surface area contributed by atoms with E-state index < -0.39 is 6.10 Å². The molecule has 0 bridgehead atoms. The normalized spacial score (nSPS) is 19.4. The van der Waals surface area contributed by atoms with E-state index in [0.29, 0.717) is 49.0 Å². The van der Waals surface area contributed by atoms with Crippen molar-refractivity contribution in [1.29, 1.82) is 0 Å². The van der Waals surface area contributed by atoms with Gasteiger partial charge >= 0.3 is 5.97 Å². The molecule has 1 saturated heterocycles. The van der Waals surface area contributed by atoms with Crippen LogP contribution in [0.4, 0.5) is 0 Å². The Morgan fingerprint density at radius 2 is 1.93 bits per heavy atom. The lowest BCUT2D eigenvalue weighted by atomic mass is 9.81. The summed E-state index contributed by atoms with van der Waals surface area (Å²) in [6.45, 7) is 1.40. The lowest BCUT2D eigenvalue weighted by Gasteiger charge is -2.32. The van der Waals surface area contributed by atoms with Gasteiger partial charge in [-0.2, -0.15) is 0 Å². The molecule has 3 heterocycles. The molecule has 1 aromatic heterocycles. The summed E-state index contributed by atoms with van der Waals surface area (Å²) in [4.78, 5) is 28.4. The van der Waals surface area contributed by atoms with Gasteiger partial charge in [0, 0.05) is 40.7 Å². The van der Waals surface area contributed by atoms with Gasteiger partial charge in [0.25, 0.3) is 5.91 Å². The molecule has 40 heavy (non-hydrogen) atoms. The summed E-state index contributed by atoms with van der Waals surface area (Å²) in [5, 5.41) is 10.8. The first-order valence-electron chi connectivity index (χ1n) is 14.2. The second-order valence-corrected chi connectivity index (χ2v) is 10.9. The molecule has 3 aliphatic rings. The van der Waals surface area contributed by atoms with Gasteiger partial charge in [0.2, 0.25) is 0 Å². The number of methoxy groups -OCH3 is 2.